The van der Waals surface area contributed by atoms with Gasteiger partial charge in [-0.25, -0.2) is 4.79 Å². The summed E-state index contributed by atoms with van der Waals surface area (Å²) in [4.78, 5) is 34.4. The molecule has 1 N–H and O–H groups in total. The fourth-order valence-corrected chi connectivity index (χ4v) is 31.2. The second-order valence-electron chi connectivity index (χ2n) is 34.6. The van der Waals surface area contributed by atoms with E-state index in [1.165, 1.54) is 22.3 Å². The van der Waals surface area contributed by atoms with Crippen LogP contribution in [0.4, 0.5) is 4.79 Å². The number of likely N-dealkylation sites (tertiary alicyclic amines) is 2. The van der Waals surface area contributed by atoms with Gasteiger partial charge in [0, 0.05) is 51.7 Å². The zero-order valence-electron chi connectivity index (χ0n) is 51.1. The van der Waals surface area contributed by atoms with Crippen LogP contribution in [0.15, 0.2) is 48.5 Å². The monoisotopic (exact) mass is 1200 g/mol. The average molecular weight is 1200 g/mol. The van der Waals surface area contributed by atoms with Crippen LogP contribution in [0.5, 0.6) is 0 Å². The molecule has 2 saturated heterocycles. The van der Waals surface area contributed by atoms with E-state index in [0.29, 0.717) is 26.1 Å². The van der Waals surface area contributed by atoms with Crippen molar-refractivity contribution in [1.82, 2.24) is 15.1 Å². The smallest absolute Gasteiger partial charge is 0.407 e. The van der Waals surface area contributed by atoms with Crippen LogP contribution >= 0.6 is 0 Å². The van der Waals surface area contributed by atoms with Crippen molar-refractivity contribution in [3.8, 4) is 11.1 Å². The molecule has 11 aliphatic rings. The molecule has 7 nitrogen and oxygen atoms in total. The molecule has 0 saturated carbocycles. The topological polar surface area (TPSA) is 71.1 Å². The van der Waals surface area contributed by atoms with Gasteiger partial charge in [0.05, 0.1) is 28.1 Å². The van der Waals surface area contributed by atoms with Crippen LogP contribution in [0.25, 0.3) is 270 Å². The van der Waals surface area contributed by atoms with Crippen molar-refractivity contribution in [2.75, 3.05) is 52.4 Å². The molecule has 2 aliphatic heterocycles. The molecule has 7 heteroatoms. The number of carbonyl (C=O) groups is 2. The molecule has 26 aromatic rings. The van der Waals surface area contributed by atoms with Gasteiger partial charge in [-0.15, -0.1) is 0 Å². The van der Waals surface area contributed by atoms with Gasteiger partial charge in [-0.3, -0.25) is 9.69 Å². The SMILES string of the molecule is CC(C)(C)OC(=O)CCN1CC23c4c5c6c7c8c9c(c%10c%11c2c2c4c4c%12c%13c%14c%15c%16c%17c%18c%19c%20c%21c%22c(c%13c4c4c2c2c%11c%11c%10c%10c9c9c%13c8c(c6c%15c5%12)c%16c%13c%18c5c%19c6c%21c(c2c%224)c%11c6c%10c59)C%202CN(CCNC(=O)OCC4c5ccccc5-c5ccccc54)CC%14%172)C73C1. The fraction of sp³-hybridized carbons (Fsp3) is 0.205. The Bertz CT molecular complexity index is 8590. The number of fused-ring (bicyclic) bond motifs is 3. The second-order valence-corrected chi connectivity index (χ2v) is 34.6. The number of hydrogen-bond acceptors (Lipinski definition) is 6. The summed E-state index contributed by atoms with van der Waals surface area (Å²) in [6, 6.07) is 17.3. The number of ether oxygens (including phenoxy) is 2. The molecule has 26 aromatic carbocycles. The lowest BCUT2D eigenvalue weighted by atomic mass is 9.50. The van der Waals surface area contributed by atoms with Crippen molar-refractivity contribution >= 4 is 271 Å². The Morgan fingerprint density at radius 3 is 0.874 bits per heavy atom. The fourth-order valence-electron chi connectivity index (χ4n) is 31.2. The van der Waals surface area contributed by atoms with Gasteiger partial charge in [0.15, 0.2) is 0 Å². The maximum Gasteiger partial charge on any atom is 0.407 e. The molecule has 2 heterocycles. The van der Waals surface area contributed by atoms with Gasteiger partial charge >= 0.3 is 12.1 Å². The van der Waals surface area contributed by atoms with Crippen LogP contribution in [0, 0.1) is 0 Å². The van der Waals surface area contributed by atoms with Crippen molar-refractivity contribution in [3.63, 3.8) is 0 Å². The molecule has 1 amide bonds. The van der Waals surface area contributed by atoms with E-state index >= 15 is 0 Å². The molecular weight excluding hydrogens is 1160 g/mol. The Labute approximate surface area is 529 Å². The molecule has 4 spiro atoms. The molecule has 0 bridgehead atoms. The average Bonchev–Trinajstić information content (AvgIpc) is 1.38. The summed E-state index contributed by atoms with van der Waals surface area (Å²) in [5.74, 6) is -0.0739. The number of nitrogens with one attached hydrogen (secondary N) is 1. The molecule has 428 valence electrons. The molecule has 0 aromatic heterocycles. The molecular formula is C88H37N3O4. The second kappa shape index (κ2) is 10.4. The number of carbonyl (C=O) groups excluding carboxylic acids is 2. The number of nitrogens with zero attached hydrogens (tertiary/aromatic N) is 2. The van der Waals surface area contributed by atoms with Gasteiger partial charge in [0.25, 0.3) is 0 Å². The van der Waals surface area contributed by atoms with E-state index in [-0.39, 0.29) is 39.6 Å². The van der Waals surface area contributed by atoms with Crippen LogP contribution in [0.1, 0.15) is 88.7 Å². The van der Waals surface area contributed by atoms with Gasteiger partial charge in [0.1, 0.15) is 12.2 Å². The summed E-state index contributed by atoms with van der Waals surface area (Å²) in [6.45, 7) is 12.0. The van der Waals surface area contributed by atoms with E-state index in [1.807, 2.05) is 20.8 Å². The number of hydrogen-bond donors (Lipinski definition) is 1. The van der Waals surface area contributed by atoms with Gasteiger partial charge in [-0.05, 0) is 346 Å². The molecule has 0 radical (unpaired) electrons. The first-order valence-electron chi connectivity index (χ1n) is 35.5. The molecule has 9 aliphatic carbocycles. The zero-order chi connectivity index (χ0) is 59.2. The van der Waals surface area contributed by atoms with E-state index < -0.39 is 5.60 Å². The van der Waals surface area contributed by atoms with Crippen LogP contribution in [-0.4, -0.2) is 79.9 Å². The quantitative estimate of drug-likeness (QED) is 0.121. The van der Waals surface area contributed by atoms with Crippen molar-refractivity contribution in [2.24, 2.45) is 0 Å². The number of rotatable bonds is 8. The normalized spacial score (nSPS) is 24.7. The van der Waals surface area contributed by atoms with Gasteiger partial charge in [-0.2, -0.15) is 0 Å². The third-order valence-corrected chi connectivity index (χ3v) is 31.8. The third kappa shape index (κ3) is 2.76. The van der Waals surface area contributed by atoms with Gasteiger partial charge in [-0.1, -0.05) is 48.5 Å². The summed E-state index contributed by atoms with van der Waals surface area (Å²) in [5.41, 5.74) is 16.6. The predicted molar refractivity (Wildman–Crippen MR) is 383 cm³/mol. The first-order valence-corrected chi connectivity index (χ1v) is 35.5. The van der Waals surface area contributed by atoms with Crippen LogP contribution in [-0.2, 0) is 35.9 Å². The van der Waals surface area contributed by atoms with Gasteiger partial charge < -0.3 is 19.7 Å². The van der Waals surface area contributed by atoms with E-state index in [9.17, 15) is 9.59 Å². The highest BCUT2D eigenvalue weighted by molar-refractivity contribution is 6.77. The Morgan fingerprint density at radius 1 is 0.368 bits per heavy atom. The Kier molecular flexibility index (Phi) is 4.56. The molecule has 2 fully saturated rings. The highest BCUT2D eigenvalue weighted by atomic mass is 16.6. The highest BCUT2D eigenvalue weighted by Gasteiger charge is 2.76. The van der Waals surface area contributed by atoms with Gasteiger partial charge in [0.2, 0.25) is 0 Å². The number of benzene rings is 18. The first-order chi connectivity index (χ1) is 46.7. The Hall–Kier alpha value is -10.2. The molecule has 95 heavy (non-hydrogen) atoms. The van der Waals surface area contributed by atoms with Crippen molar-refractivity contribution in [1.29, 1.82) is 0 Å². The third-order valence-electron chi connectivity index (χ3n) is 31.8. The largest absolute Gasteiger partial charge is 0.460 e. The first kappa shape index (κ1) is 41.5. The lowest BCUT2D eigenvalue weighted by molar-refractivity contribution is -0.155. The maximum atomic E-state index is 14.4. The van der Waals surface area contributed by atoms with Crippen molar-refractivity contribution in [3.05, 3.63) is 104 Å². The van der Waals surface area contributed by atoms with E-state index in [0.717, 1.165) is 32.7 Å². The Morgan fingerprint density at radius 2 is 0.611 bits per heavy atom. The van der Waals surface area contributed by atoms with E-state index in [1.54, 1.807) is 303 Å². The highest BCUT2D eigenvalue weighted by Crippen LogP contribution is 2.88. The summed E-state index contributed by atoms with van der Waals surface area (Å²) in [6.07, 6.45) is 0.0678. The number of alkyl carbamates (subject to hydrolysis) is 1. The number of esters is 1. The Balaban J connectivity index is 0.738. The summed E-state index contributed by atoms with van der Waals surface area (Å²) in [5, 5.41) is 81.1. The van der Waals surface area contributed by atoms with E-state index in [4.69, 9.17) is 9.47 Å². The van der Waals surface area contributed by atoms with Crippen LogP contribution in [0.2, 0.25) is 0 Å². The molecule has 4 atom stereocenters. The lowest BCUT2D eigenvalue weighted by Gasteiger charge is -2.50. The lowest BCUT2D eigenvalue weighted by Crippen LogP contribution is -2.51. The minimum atomic E-state index is -0.542. The standard InChI is InChI=1S/C88H37N3O4/c1-84(2,3)95-26(92)12-14-90-17-85-75-59-43-31-29-27-28-30-32-34-39-49-37(30)47(35(27)43)63(75)65(49)76-67-51(39)42-46(34)62-60-44(32)36(28)48-38(29)50-40-33(31)45-41-52(40)68-72-56-53(41)69(79(85)61(45)59)73-57(56)58-55(71(67)81(73)86(76,85)18-90)54(42)70-74(58)82(72)88-20-91(19-87(88,80(62)70)77(60)64(48)66(50)78(68)88)15-13-89-83(93)94-16-25-23-10-6-4-8-21(23)22-9-5-7-11-24(22)25/h4-11,25H,12-20H2,1-3H3,(H,89,93). The summed E-state index contributed by atoms with van der Waals surface area (Å²) >= 11 is 0. The van der Waals surface area contributed by atoms with E-state index in [2.05, 4.69) is 63.6 Å². The maximum absolute atomic E-state index is 14.4. The van der Waals surface area contributed by atoms with Crippen molar-refractivity contribution < 1.29 is 19.1 Å². The van der Waals surface area contributed by atoms with Crippen molar-refractivity contribution in [2.45, 2.75) is 60.4 Å². The summed E-state index contributed by atoms with van der Waals surface area (Å²) in [7, 11) is 0. The predicted octanol–water partition coefficient (Wildman–Crippen LogP) is 18.8. The zero-order valence-corrected chi connectivity index (χ0v) is 51.1. The molecule has 4 unspecified atom stereocenters. The van der Waals surface area contributed by atoms with Crippen LogP contribution < -0.4 is 5.32 Å². The minimum absolute atomic E-state index is 0.00880. The number of amides is 1. The summed E-state index contributed by atoms with van der Waals surface area (Å²) < 4.78 is 12.6. The minimum Gasteiger partial charge on any atom is -0.460 e. The molecule has 37 rings (SSSR count). The van der Waals surface area contributed by atoms with Crippen LogP contribution in [0.3, 0.4) is 0 Å².